The van der Waals surface area contributed by atoms with Crippen LogP contribution in [0, 0.1) is 41.4 Å². The van der Waals surface area contributed by atoms with Crippen LogP contribution in [-0.2, 0) is 28.5 Å². The van der Waals surface area contributed by atoms with Gasteiger partial charge in [0.25, 0.3) is 0 Å². The van der Waals surface area contributed by atoms with E-state index >= 15 is 0 Å². The minimum Gasteiger partial charge on any atom is -0.463 e. The first kappa shape index (κ1) is 32.2. The Balaban J connectivity index is 1.01. The third kappa shape index (κ3) is 8.48. The second kappa shape index (κ2) is 14.7. The molecule has 8 nitrogen and oxygen atoms in total. The number of rotatable bonds is 9. The van der Waals surface area contributed by atoms with Crippen molar-refractivity contribution in [3.05, 3.63) is 0 Å². The van der Waals surface area contributed by atoms with E-state index in [1.807, 2.05) is 13.8 Å². The van der Waals surface area contributed by atoms with Gasteiger partial charge in [0.05, 0.1) is 11.8 Å². The van der Waals surface area contributed by atoms with E-state index in [-0.39, 0.29) is 37.0 Å². The van der Waals surface area contributed by atoms with Crippen molar-refractivity contribution in [1.82, 2.24) is 0 Å². The van der Waals surface area contributed by atoms with E-state index in [0.29, 0.717) is 12.0 Å². The predicted molar refractivity (Wildman–Crippen MR) is 161 cm³/mol. The van der Waals surface area contributed by atoms with Crippen molar-refractivity contribution in [3.63, 3.8) is 0 Å². The lowest BCUT2D eigenvalue weighted by Gasteiger charge is -2.37. The van der Waals surface area contributed by atoms with Crippen molar-refractivity contribution in [2.24, 2.45) is 52.9 Å². The number of carbonyl (C=O) groups excluding carboxylic acids is 2. The summed E-state index contributed by atoms with van der Waals surface area (Å²) in [6.07, 6.45) is 17.0. The fraction of sp³-hybridized carbons (Fsp3) is 0.941. The molecule has 0 bridgehead atoms. The first-order valence-corrected chi connectivity index (χ1v) is 17.3. The number of nitrogens with two attached hydrogens (primary N) is 2. The summed E-state index contributed by atoms with van der Waals surface area (Å²) in [5.74, 6) is 2.60. The van der Waals surface area contributed by atoms with Gasteiger partial charge >= 0.3 is 11.9 Å². The number of carbonyl (C=O) groups is 2. The van der Waals surface area contributed by atoms with Gasteiger partial charge in [-0.15, -0.1) is 0 Å². The van der Waals surface area contributed by atoms with Crippen LogP contribution in [0.2, 0.25) is 0 Å². The van der Waals surface area contributed by atoms with E-state index in [9.17, 15) is 9.59 Å². The molecule has 0 spiro atoms. The van der Waals surface area contributed by atoms with Gasteiger partial charge in [0.1, 0.15) is 25.4 Å². The molecule has 0 aromatic carbocycles. The number of hydrogen-bond acceptors (Lipinski definition) is 8. The maximum absolute atomic E-state index is 13.0. The molecule has 1 aliphatic heterocycles. The zero-order valence-electron chi connectivity index (χ0n) is 26.3. The van der Waals surface area contributed by atoms with Gasteiger partial charge in [-0.3, -0.25) is 9.59 Å². The Morgan fingerprint density at radius 2 is 0.976 bits per heavy atom. The molecule has 1 saturated heterocycles. The summed E-state index contributed by atoms with van der Waals surface area (Å²) >= 11 is 0. The molecular weight excluding hydrogens is 532 g/mol. The molecule has 0 unspecified atom stereocenters. The van der Waals surface area contributed by atoms with E-state index in [4.69, 9.17) is 30.4 Å². The van der Waals surface area contributed by atoms with Crippen molar-refractivity contribution in [1.29, 1.82) is 0 Å². The van der Waals surface area contributed by atoms with Gasteiger partial charge < -0.3 is 30.4 Å². The van der Waals surface area contributed by atoms with Crippen molar-refractivity contribution in [2.45, 2.75) is 141 Å². The molecule has 1 heterocycles. The van der Waals surface area contributed by atoms with Crippen LogP contribution in [0.15, 0.2) is 0 Å². The predicted octanol–water partition coefficient (Wildman–Crippen LogP) is 5.49. The van der Waals surface area contributed by atoms with Crippen LogP contribution >= 0.6 is 0 Å². The molecule has 4 N–H and O–H groups in total. The Kier molecular flexibility index (Phi) is 11.3. The largest absolute Gasteiger partial charge is 0.463 e. The van der Waals surface area contributed by atoms with Crippen LogP contribution in [-0.4, -0.2) is 55.7 Å². The second-order valence-electron chi connectivity index (χ2n) is 14.9. The maximum atomic E-state index is 13.0. The molecule has 8 heteroatoms. The minimum atomic E-state index is -0.810. The third-order valence-corrected chi connectivity index (χ3v) is 11.6. The van der Waals surface area contributed by atoms with E-state index in [1.54, 1.807) is 0 Å². The highest BCUT2D eigenvalue weighted by molar-refractivity contribution is 5.73. The topological polar surface area (TPSA) is 123 Å². The fourth-order valence-electron chi connectivity index (χ4n) is 8.92. The van der Waals surface area contributed by atoms with E-state index in [1.165, 1.54) is 38.5 Å². The van der Waals surface area contributed by atoms with Crippen LogP contribution in [0.4, 0.5) is 0 Å². The van der Waals surface area contributed by atoms with Crippen molar-refractivity contribution in [2.75, 3.05) is 19.8 Å². The molecule has 4 saturated carbocycles. The molecule has 5 rings (SSSR count). The van der Waals surface area contributed by atoms with Crippen molar-refractivity contribution < 1.29 is 28.5 Å². The minimum absolute atomic E-state index is 0.0336. The van der Waals surface area contributed by atoms with Gasteiger partial charge in [0, 0.05) is 6.04 Å². The number of esters is 2. The van der Waals surface area contributed by atoms with Gasteiger partial charge in [-0.05, 0) is 153 Å². The van der Waals surface area contributed by atoms with Crippen molar-refractivity contribution >= 4 is 11.9 Å². The summed E-state index contributed by atoms with van der Waals surface area (Å²) in [4.78, 5) is 26.0. The Labute approximate surface area is 253 Å². The standard InChI is InChI=1S/C34H58N2O6/c1-34(2)41-30(20-39-32(37)27-11-7-24(8-12-27)23-5-3-22(19-35)4-6-23)31(42-34)21-40-33(38)28-13-9-25(10-14-28)26-15-17-29(36)18-16-26/h22-31H,3-21,35-36H2,1-2H3/t22?,23?,24?,25?,26?,27?,28?,29?,30-,31-/m1/s1. The summed E-state index contributed by atoms with van der Waals surface area (Å²) < 4.78 is 23.7. The van der Waals surface area contributed by atoms with Gasteiger partial charge in [0.15, 0.2) is 5.79 Å². The molecule has 5 fully saturated rings. The van der Waals surface area contributed by atoms with Crippen LogP contribution in [0.5, 0.6) is 0 Å². The molecule has 5 aliphatic rings. The zero-order chi connectivity index (χ0) is 29.7. The van der Waals surface area contributed by atoms with Crippen LogP contribution in [0.25, 0.3) is 0 Å². The summed E-state index contributed by atoms with van der Waals surface area (Å²) in [5, 5.41) is 0. The fourth-order valence-corrected chi connectivity index (χ4v) is 8.92. The van der Waals surface area contributed by atoms with E-state index in [0.717, 1.165) is 94.4 Å². The molecular formula is C34H58N2O6. The van der Waals surface area contributed by atoms with E-state index < -0.39 is 18.0 Å². The zero-order valence-corrected chi connectivity index (χ0v) is 26.3. The summed E-state index contributed by atoms with van der Waals surface area (Å²) in [7, 11) is 0. The molecule has 2 atom stereocenters. The Hall–Kier alpha value is -1.22. The average Bonchev–Trinajstić information content (AvgIpc) is 3.32. The number of ether oxygens (including phenoxy) is 4. The third-order valence-electron chi connectivity index (χ3n) is 11.6. The summed E-state index contributed by atoms with van der Waals surface area (Å²) in [6.45, 7) is 4.78. The van der Waals surface area contributed by atoms with Gasteiger partial charge in [-0.2, -0.15) is 0 Å². The smallest absolute Gasteiger partial charge is 0.309 e. The lowest BCUT2D eigenvalue weighted by atomic mass is 9.69. The quantitative estimate of drug-likeness (QED) is 0.338. The first-order valence-electron chi connectivity index (χ1n) is 17.3. The molecule has 0 aromatic rings. The Morgan fingerprint density at radius 1 is 0.619 bits per heavy atom. The average molecular weight is 591 g/mol. The lowest BCUT2D eigenvalue weighted by molar-refractivity contribution is -0.166. The summed E-state index contributed by atoms with van der Waals surface area (Å²) in [5.41, 5.74) is 12.0. The second-order valence-corrected chi connectivity index (χ2v) is 14.9. The first-order chi connectivity index (χ1) is 20.2. The SMILES string of the molecule is CC1(C)O[C@H](COC(=O)C2CCC(C3CCC(N)CC3)CC2)[C@@H](COC(=O)C2CCC(C3CCC(CN)CC3)CC2)O1. The van der Waals surface area contributed by atoms with Crippen LogP contribution in [0.3, 0.4) is 0 Å². The molecule has 240 valence electrons. The number of hydrogen-bond donors (Lipinski definition) is 2. The molecule has 0 aromatic heterocycles. The van der Waals surface area contributed by atoms with Gasteiger partial charge in [-0.1, -0.05) is 0 Å². The van der Waals surface area contributed by atoms with Gasteiger partial charge in [-0.25, -0.2) is 0 Å². The van der Waals surface area contributed by atoms with Crippen molar-refractivity contribution in [3.8, 4) is 0 Å². The monoisotopic (exact) mass is 590 g/mol. The molecule has 4 aliphatic carbocycles. The lowest BCUT2D eigenvalue weighted by Crippen LogP contribution is -2.36. The maximum Gasteiger partial charge on any atom is 0.309 e. The van der Waals surface area contributed by atoms with Gasteiger partial charge in [0.2, 0.25) is 0 Å². The summed E-state index contributed by atoms with van der Waals surface area (Å²) in [6, 6.07) is 0.378. The Morgan fingerprint density at radius 3 is 1.36 bits per heavy atom. The highest BCUT2D eigenvalue weighted by Crippen LogP contribution is 2.42. The Bertz CT molecular complexity index is 865. The molecule has 42 heavy (non-hydrogen) atoms. The highest BCUT2D eigenvalue weighted by Gasteiger charge is 2.44. The van der Waals surface area contributed by atoms with E-state index in [2.05, 4.69) is 0 Å². The van der Waals surface area contributed by atoms with Crippen LogP contribution < -0.4 is 11.5 Å². The highest BCUT2D eigenvalue weighted by atomic mass is 16.8. The molecule has 0 radical (unpaired) electrons. The van der Waals surface area contributed by atoms with Crippen LogP contribution in [0.1, 0.15) is 117 Å². The normalized spacial score (nSPS) is 40.8. The molecule has 0 amide bonds.